The van der Waals surface area contributed by atoms with Crippen molar-refractivity contribution in [3.05, 3.63) is 24.3 Å². The van der Waals surface area contributed by atoms with Crippen LogP contribution in [-0.2, 0) is 4.79 Å². The quantitative estimate of drug-likeness (QED) is 0.899. The van der Waals surface area contributed by atoms with E-state index in [4.69, 9.17) is 4.74 Å². The number of alkyl halides is 3. The van der Waals surface area contributed by atoms with E-state index in [1.807, 2.05) is 0 Å². The average Bonchev–Trinajstić information content (AvgIpc) is 2.46. The molecule has 0 radical (unpaired) electrons. The number of piperidine rings is 1. The first-order valence-corrected chi connectivity index (χ1v) is 6.78. The highest BCUT2D eigenvalue weighted by Crippen LogP contribution is 2.26. The largest absolute Gasteiger partial charge is 0.482 e. The Balaban J connectivity index is 2.00. The fourth-order valence-corrected chi connectivity index (χ4v) is 2.15. The first kappa shape index (κ1) is 15.6. The number of benzene rings is 1. The molecule has 0 aromatic heterocycles. The third-order valence-electron chi connectivity index (χ3n) is 3.16. The van der Waals surface area contributed by atoms with Crippen molar-refractivity contribution in [2.75, 3.05) is 18.5 Å². The molecule has 1 amide bonds. The van der Waals surface area contributed by atoms with Gasteiger partial charge >= 0.3 is 6.18 Å². The Bertz CT molecular complexity index is 485. The molecule has 1 aromatic carbocycles. The Morgan fingerprint density at radius 1 is 1.33 bits per heavy atom. The van der Waals surface area contributed by atoms with Crippen molar-refractivity contribution in [3.8, 4) is 5.75 Å². The molecule has 0 spiro atoms. The molecule has 116 valence electrons. The molecule has 1 saturated heterocycles. The van der Waals surface area contributed by atoms with E-state index in [1.165, 1.54) is 12.1 Å². The molecule has 1 atom stereocenters. The van der Waals surface area contributed by atoms with Crippen LogP contribution in [0.25, 0.3) is 0 Å². The van der Waals surface area contributed by atoms with E-state index in [1.54, 1.807) is 12.1 Å². The molecule has 4 nitrogen and oxygen atoms in total. The lowest BCUT2D eigenvalue weighted by atomic mass is 10.0. The summed E-state index contributed by atoms with van der Waals surface area (Å²) < 4.78 is 41.3. The highest BCUT2D eigenvalue weighted by atomic mass is 19.4. The van der Waals surface area contributed by atoms with Crippen molar-refractivity contribution < 1.29 is 22.7 Å². The Morgan fingerprint density at radius 2 is 2.10 bits per heavy atom. The van der Waals surface area contributed by atoms with Crippen molar-refractivity contribution in [1.29, 1.82) is 0 Å². The van der Waals surface area contributed by atoms with E-state index in [0.717, 1.165) is 25.8 Å². The zero-order valence-electron chi connectivity index (χ0n) is 11.4. The molecule has 0 saturated carbocycles. The van der Waals surface area contributed by atoms with Gasteiger partial charge in [-0.25, -0.2) is 0 Å². The van der Waals surface area contributed by atoms with Gasteiger partial charge in [0.1, 0.15) is 5.75 Å². The van der Waals surface area contributed by atoms with Crippen LogP contribution in [-0.4, -0.2) is 31.3 Å². The van der Waals surface area contributed by atoms with Crippen LogP contribution >= 0.6 is 0 Å². The van der Waals surface area contributed by atoms with Gasteiger partial charge < -0.3 is 15.4 Å². The summed E-state index contributed by atoms with van der Waals surface area (Å²) in [6.45, 7) is -0.619. The van der Waals surface area contributed by atoms with Crippen LogP contribution in [0.2, 0.25) is 0 Å². The molecule has 1 aromatic rings. The summed E-state index contributed by atoms with van der Waals surface area (Å²) >= 11 is 0. The molecular formula is C14H17F3N2O2. The lowest BCUT2D eigenvalue weighted by Gasteiger charge is -2.23. The van der Waals surface area contributed by atoms with Gasteiger partial charge in [0.05, 0.1) is 11.7 Å². The van der Waals surface area contributed by atoms with E-state index < -0.39 is 12.8 Å². The van der Waals surface area contributed by atoms with Crippen LogP contribution in [0.4, 0.5) is 18.9 Å². The normalized spacial score (nSPS) is 19.1. The maximum atomic E-state index is 12.2. The highest BCUT2D eigenvalue weighted by Gasteiger charge is 2.29. The minimum Gasteiger partial charge on any atom is -0.482 e. The lowest BCUT2D eigenvalue weighted by molar-refractivity contribution is -0.153. The first-order valence-electron chi connectivity index (χ1n) is 6.78. The summed E-state index contributed by atoms with van der Waals surface area (Å²) in [6, 6.07) is 5.79. The molecule has 2 N–H and O–H groups in total. The number of rotatable bonds is 4. The molecule has 0 bridgehead atoms. The van der Waals surface area contributed by atoms with Crippen molar-refractivity contribution in [3.63, 3.8) is 0 Å². The number of carbonyl (C=O) groups excluding carboxylic acids is 1. The third kappa shape index (κ3) is 4.93. The molecule has 21 heavy (non-hydrogen) atoms. The van der Waals surface area contributed by atoms with E-state index in [0.29, 0.717) is 0 Å². The first-order chi connectivity index (χ1) is 9.96. The summed E-state index contributed by atoms with van der Waals surface area (Å²) in [5, 5.41) is 5.70. The van der Waals surface area contributed by atoms with Gasteiger partial charge in [-0.2, -0.15) is 13.2 Å². The molecule has 2 rings (SSSR count). The zero-order chi connectivity index (χ0) is 15.3. The molecule has 1 aliphatic rings. The van der Waals surface area contributed by atoms with Crippen LogP contribution < -0.4 is 15.4 Å². The maximum Gasteiger partial charge on any atom is 0.422 e. The second-order valence-corrected chi connectivity index (χ2v) is 4.89. The van der Waals surface area contributed by atoms with Gasteiger partial charge in [-0.3, -0.25) is 4.79 Å². The summed E-state index contributed by atoms with van der Waals surface area (Å²) in [5.74, 6) is -0.239. The number of nitrogens with one attached hydrogen (secondary N) is 2. The molecule has 0 unspecified atom stereocenters. The number of anilines is 1. The number of hydrogen-bond acceptors (Lipinski definition) is 3. The Labute approximate surface area is 120 Å². The van der Waals surface area contributed by atoms with Gasteiger partial charge in [0.25, 0.3) is 0 Å². The molecule has 0 aliphatic carbocycles. The monoisotopic (exact) mass is 302 g/mol. The zero-order valence-corrected chi connectivity index (χ0v) is 11.4. The third-order valence-corrected chi connectivity index (χ3v) is 3.16. The fraction of sp³-hybridized carbons (Fsp3) is 0.500. The second-order valence-electron chi connectivity index (χ2n) is 4.89. The van der Waals surface area contributed by atoms with E-state index in [2.05, 4.69) is 10.6 Å². The topological polar surface area (TPSA) is 50.4 Å². The number of carbonyl (C=O) groups is 1. The Morgan fingerprint density at radius 3 is 2.76 bits per heavy atom. The van der Waals surface area contributed by atoms with Gasteiger partial charge in [-0.1, -0.05) is 18.6 Å². The minimum atomic E-state index is -4.41. The van der Waals surface area contributed by atoms with E-state index in [-0.39, 0.29) is 23.4 Å². The standard InChI is InChI=1S/C14H17F3N2O2/c15-14(16,17)9-21-12-7-2-1-5-10(12)19-13(20)11-6-3-4-8-18-11/h1-2,5,7,11,18H,3-4,6,8-9H2,(H,19,20)/t11-/m1/s1. The lowest BCUT2D eigenvalue weighted by Crippen LogP contribution is -2.43. The number of para-hydroxylation sites is 2. The van der Waals surface area contributed by atoms with Gasteiger partial charge in [0.2, 0.25) is 5.91 Å². The van der Waals surface area contributed by atoms with Crippen molar-refractivity contribution in [1.82, 2.24) is 5.32 Å². The van der Waals surface area contributed by atoms with Crippen molar-refractivity contribution in [2.24, 2.45) is 0 Å². The smallest absolute Gasteiger partial charge is 0.422 e. The molecule has 1 aliphatic heterocycles. The van der Waals surface area contributed by atoms with Crippen molar-refractivity contribution >= 4 is 11.6 Å². The summed E-state index contributed by atoms with van der Waals surface area (Å²) in [6.07, 6.45) is -1.72. The highest BCUT2D eigenvalue weighted by molar-refractivity contribution is 5.96. The van der Waals surface area contributed by atoms with Crippen LogP contribution in [0.3, 0.4) is 0 Å². The predicted octanol–water partition coefficient (Wildman–Crippen LogP) is 2.71. The van der Waals surface area contributed by atoms with Crippen LogP contribution in [0.15, 0.2) is 24.3 Å². The maximum absolute atomic E-state index is 12.2. The Kier molecular flexibility index (Phi) is 5.06. The number of ether oxygens (including phenoxy) is 1. The van der Waals surface area contributed by atoms with E-state index >= 15 is 0 Å². The molecule has 7 heteroatoms. The average molecular weight is 302 g/mol. The molecular weight excluding hydrogens is 285 g/mol. The number of amides is 1. The SMILES string of the molecule is O=C(Nc1ccccc1OCC(F)(F)F)[C@H]1CCCCN1. The van der Waals surface area contributed by atoms with Crippen LogP contribution in [0, 0.1) is 0 Å². The number of hydrogen-bond donors (Lipinski definition) is 2. The van der Waals surface area contributed by atoms with Gasteiger partial charge in [0.15, 0.2) is 6.61 Å². The van der Waals surface area contributed by atoms with Crippen LogP contribution in [0.5, 0.6) is 5.75 Å². The predicted molar refractivity (Wildman–Crippen MR) is 72.3 cm³/mol. The van der Waals surface area contributed by atoms with E-state index in [9.17, 15) is 18.0 Å². The van der Waals surface area contributed by atoms with Gasteiger partial charge in [-0.15, -0.1) is 0 Å². The Hall–Kier alpha value is -1.76. The summed E-state index contributed by atoms with van der Waals surface area (Å²) in [4.78, 5) is 12.1. The van der Waals surface area contributed by atoms with Crippen LogP contribution in [0.1, 0.15) is 19.3 Å². The second kappa shape index (κ2) is 6.80. The minimum absolute atomic E-state index is 0.0129. The fourth-order valence-electron chi connectivity index (χ4n) is 2.15. The van der Waals surface area contributed by atoms with Crippen molar-refractivity contribution in [2.45, 2.75) is 31.5 Å². The molecule has 1 heterocycles. The number of halogens is 3. The van der Waals surface area contributed by atoms with Gasteiger partial charge in [0, 0.05) is 0 Å². The summed E-state index contributed by atoms with van der Waals surface area (Å²) in [7, 11) is 0. The molecule has 1 fully saturated rings. The summed E-state index contributed by atoms with van der Waals surface area (Å²) in [5.41, 5.74) is 0.249. The van der Waals surface area contributed by atoms with Gasteiger partial charge in [-0.05, 0) is 31.5 Å².